The second-order valence-electron chi connectivity index (χ2n) is 7.15. The van der Waals surface area contributed by atoms with E-state index in [9.17, 15) is 5.11 Å². The molecule has 6 heteroatoms. The highest BCUT2D eigenvalue weighted by Crippen LogP contribution is 2.41. The van der Waals surface area contributed by atoms with Gasteiger partial charge in [0, 0.05) is 45.3 Å². The molecule has 0 amide bonds. The minimum Gasteiger partial charge on any atom is -0.391 e. The summed E-state index contributed by atoms with van der Waals surface area (Å²) in [4.78, 5) is 6.83. The van der Waals surface area contributed by atoms with Crippen molar-refractivity contribution in [1.29, 1.82) is 0 Å². The molecule has 2 aliphatic rings. The highest BCUT2D eigenvalue weighted by molar-refractivity contribution is 5.03. The standard InChI is InChI=1S/C17H25N5O/c1-12-18-5-6-22(12)16-7-13-9-21(10-14(13)8-17(16)23)11-15-3-4-19-20(15)2/h3-6,13-14,16-17,23H,7-11H2,1-2H3/t13-,14+,16-,17-/m0/s1. The molecule has 1 saturated heterocycles. The molecule has 4 rings (SSSR count). The van der Waals surface area contributed by atoms with E-state index in [-0.39, 0.29) is 12.1 Å². The lowest BCUT2D eigenvalue weighted by atomic mass is 9.77. The van der Waals surface area contributed by atoms with Gasteiger partial charge in [-0.25, -0.2) is 4.98 Å². The van der Waals surface area contributed by atoms with Gasteiger partial charge >= 0.3 is 0 Å². The van der Waals surface area contributed by atoms with Crippen LogP contribution in [-0.4, -0.2) is 48.5 Å². The number of hydrogen-bond donors (Lipinski definition) is 1. The largest absolute Gasteiger partial charge is 0.391 e. The van der Waals surface area contributed by atoms with Gasteiger partial charge in [0.05, 0.1) is 17.8 Å². The van der Waals surface area contributed by atoms with Gasteiger partial charge in [-0.15, -0.1) is 0 Å². The van der Waals surface area contributed by atoms with E-state index >= 15 is 0 Å². The zero-order valence-electron chi connectivity index (χ0n) is 13.8. The Balaban J connectivity index is 1.46. The third-order valence-corrected chi connectivity index (χ3v) is 5.71. The fourth-order valence-corrected chi connectivity index (χ4v) is 4.46. The van der Waals surface area contributed by atoms with Crippen molar-refractivity contribution in [2.75, 3.05) is 13.1 Å². The first-order valence-corrected chi connectivity index (χ1v) is 8.48. The van der Waals surface area contributed by atoms with Gasteiger partial charge in [0.25, 0.3) is 0 Å². The van der Waals surface area contributed by atoms with Gasteiger partial charge in [-0.1, -0.05) is 0 Å². The van der Waals surface area contributed by atoms with E-state index in [1.165, 1.54) is 5.69 Å². The Morgan fingerprint density at radius 2 is 2.00 bits per heavy atom. The highest BCUT2D eigenvalue weighted by atomic mass is 16.3. The van der Waals surface area contributed by atoms with Crippen LogP contribution in [0.3, 0.4) is 0 Å². The van der Waals surface area contributed by atoms with Crippen LogP contribution in [0.1, 0.15) is 30.4 Å². The summed E-state index contributed by atoms with van der Waals surface area (Å²) in [5.74, 6) is 2.27. The third kappa shape index (κ3) is 2.70. The number of hydrogen-bond acceptors (Lipinski definition) is 4. The van der Waals surface area contributed by atoms with Crippen LogP contribution < -0.4 is 0 Å². The predicted molar refractivity (Wildman–Crippen MR) is 86.7 cm³/mol. The van der Waals surface area contributed by atoms with Crippen LogP contribution in [0.15, 0.2) is 24.7 Å². The van der Waals surface area contributed by atoms with Crippen LogP contribution in [0.2, 0.25) is 0 Å². The van der Waals surface area contributed by atoms with Crippen molar-refractivity contribution in [1.82, 2.24) is 24.2 Å². The number of likely N-dealkylation sites (tertiary alicyclic amines) is 1. The van der Waals surface area contributed by atoms with E-state index in [0.29, 0.717) is 11.8 Å². The maximum atomic E-state index is 10.6. The summed E-state index contributed by atoms with van der Waals surface area (Å²) >= 11 is 0. The lowest BCUT2D eigenvalue weighted by Crippen LogP contribution is -2.36. The average Bonchev–Trinajstić information content (AvgIpc) is 3.20. The summed E-state index contributed by atoms with van der Waals surface area (Å²) in [7, 11) is 2.00. The van der Waals surface area contributed by atoms with Gasteiger partial charge in [-0.2, -0.15) is 5.10 Å². The van der Waals surface area contributed by atoms with Gasteiger partial charge in [0.15, 0.2) is 0 Å². The molecule has 0 spiro atoms. The summed E-state index contributed by atoms with van der Waals surface area (Å²) in [5.41, 5.74) is 1.26. The molecule has 0 bridgehead atoms. The predicted octanol–water partition coefficient (Wildman–Crippen LogP) is 1.37. The maximum Gasteiger partial charge on any atom is 0.105 e. The molecule has 0 radical (unpaired) electrons. The molecular weight excluding hydrogens is 290 g/mol. The van der Waals surface area contributed by atoms with Crippen molar-refractivity contribution in [2.45, 2.75) is 38.5 Å². The van der Waals surface area contributed by atoms with Gasteiger partial charge < -0.3 is 9.67 Å². The number of aliphatic hydroxyl groups excluding tert-OH is 1. The van der Waals surface area contributed by atoms with E-state index in [1.54, 1.807) is 0 Å². The molecule has 0 unspecified atom stereocenters. The molecule has 2 fully saturated rings. The monoisotopic (exact) mass is 315 g/mol. The number of fused-ring (bicyclic) bond motifs is 1. The Labute approximate surface area is 136 Å². The Hall–Kier alpha value is -1.66. The zero-order valence-corrected chi connectivity index (χ0v) is 13.8. The summed E-state index contributed by atoms with van der Waals surface area (Å²) in [6, 6.07) is 2.27. The number of aliphatic hydroxyl groups is 1. The van der Waals surface area contributed by atoms with Crippen LogP contribution in [0.25, 0.3) is 0 Å². The first-order chi connectivity index (χ1) is 11.1. The summed E-state index contributed by atoms with van der Waals surface area (Å²) < 4.78 is 4.11. The molecule has 23 heavy (non-hydrogen) atoms. The average molecular weight is 315 g/mol. The molecule has 0 aromatic carbocycles. The minimum atomic E-state index is -0.263. The SMILES string of the molecule is Cc1nccn1[C@H]1C[C@H]2CN(Cc3ccnn3C)C[C@H]2C[C@@H]1O. The fourth-order valence-electron chi connectivity index (χ4n) is 4.46. The summed E-state index contributed by atoms with van der Waals surface area (Å²) in [6.45, 7) is 5.17. The van der Waals surface area contributed by atoms with Gasteiger partial charge in [-0.3, -0.25) is 9.58 Å². The maximum absolute atomic E-state index is 10.6. The number of rotatable bonds is 3. The number of aryl methyl sites for hydroxylation is 2. The van der Waals surface area contributed by atoms with Crippen LogP contribution in [0, 0.1) is 18.8 Å². The van der Waals surface area contributed by atoms with E-state index in [0.717, 1.165) is 38.3 Å². The van der Waals surface area contributed by atoms with Crippen LogP contribution in [0.4, 0.5) is 0 Å². The quantitative estimate of drug-likeness (QED) is 0.929. The Morgan fingerprint density at radius 1 is 1.22 bits per heavy atom. The van der Waals surface area contributed by atoms with E-state index in [4.69, 9.17) is 0 Å². The summed E-state index contributed by atoms with van der Waals surface area (Å²) in [6.07, 6.45) is 7.38. The molecule has 4 atom stereocenters. The number of imidazole rings is 1. The molecule has 6 nitrogen and oxygen atoms in total. The van der Waals surface area contributed by atoms with E-state index in [2.05, 4.69) is 25.6 Å². The molecular formula is C17H25N5O. The smallest absolute Gasteiger partial charge is 0.105 e. The van der Waals surface area contributed by atoms with Gasteiger partial charge in [0.2, 0.25) is 0 Å². The summed E-state index contributed by atoms with van der Waals surface area (Å²) in [5, 5.41) is 14.9. The molecule has 1 N–H and O–H groups in total. The van der Waals surface area contributed by atoms with Crippen molar-refractivity contribution in [2.24, 2.45) is 18.9 Å². The second-order valence-corrected chi connectivity index (χ2v) is 7.15. The minimum absolute atomic E-state index is 0.176. The van der Waals surface area contributed by atoms with Crippen molar-refractivity contribution >= 4 is 0 Å². The second kappa shape index (κ2) is 5.76. The van der Waals surface area contributed by atoms with Gasteiger partial charge in [-0.05, 0) is 37.7 Å². The number of nitrogens with zero attached hydrogens (tertiary/aromatic N) is 5. The highest BCUT2D eigenvalue weighted by Gasteiger charge is 2.42. The van der Waals surface area contributed by atoms with Crippen molar-refractivity contribution in [3.05, 3.63) is 36.2 Å². The van der Waals surface area contributed by atoms with Crippen molar-refractivity contribution in [3.8, 4) is 0 Å². The molecule has 3 heterocycles. The van der Waals surface area contributed by atoms with E-state index in [1.807, 2.05) is 37.2 Å². The normalized spacial score (nSPS) is 31.4. The Kier molecular flexibility index (Phi) is 3.73. The van der Waals surface area contributed by atoms with Crippen molar-refractivity contribution in [3.63, 3.8) is 0 Å². The molecule has 2 aromatic heterocycles. The first kappa shape index (κ1) is 14.9. The van der Waals surface area contributed by atoms with Crippen molar-refractivity contribution < 1.29 is 5.11 Å². The molecule has 1 aliphatic carbocycles. The lowest BCUT2D eigenvalue weighted by molar-refractivity contribution is 0.0349. The van der Waals surface area contributed by atoms with Crippen LogP contribution in [-0.2, 0) is 13.6 Å². The lowest BCUT2D eigenvalue weighted by Gasteiger charge is -2.36. The molecule has 1 saturated carbocycles. The molecule has 124 valence electrons. The number of aromatic nitrogens is 4. The van der Waals surface area contributed by atoms with E-state index < -0.39 is 0 Å². The Bertz CT molecular complexity index is 678. The fraction of sp³-hybridized carbons (Fsp3) is 0.647. The molecule has 2 aromatic rings. The molecule has 1 aliphatic heterocycles. The third-order valence-electron chi connectivity index (χ3n) is 5.71. The first-order valence-electron chi connectivity index (χ1n) is 8.48. The van der Waals surface area contributed by atoms with Crippen LogP contribution in [0.5, 0.6) is 0 Å². The Morgan fingerprint density at radius 3 is 2.65 bits per heavy atom. The van der Waals surface area contributed by atoms with Crippen LogP contribution >= 0.6 is 0 Å². The topological polar surface area (TPSA) is 59.1 Å². The zero-order chi connectivity index (χ0) is 16.0. The van der Waals surface area contributed by atoms with Gasteiger partial charge in [0.1, 0.15) is 5.82 Å².